The minimum absolute atomic E-state index is 0.0437. The lowest BCUT2D eigenvalue weighted by atomic mass is 9.49. The van der Waals surface area contributed by atoms with Crippen molar-refractivity contribution in [1.82, 2.24) is 0 Å². The maximum absolute atomic E-state index is 11.1. The highest BCUT2D eigenvalue weighted by Gasteiger charge is 2.51. The van der Waals surface area contributed by atoms with Crippen LogP contribution in [0.4, 0.5) is 0 Å². The zero-order valence-corrected chi connectivity index (χ0v) is 21.1. The summed E-state index contributed by atoms with van der Waals surface area (Å²) in [6.45, 7) is 0. The Balaban J connectivity index is 0.000000151. The van der Waals surface area contributed by atoms with Gasteiger partial charge in [-0.3, -0.25) is 0 Å². The molecule has 3 aromatic rings. The molecule has 4 aliphatic rings. The summed E-state index contributed by atoms with van der Waals surface area (Å²) in [7, 11) is -0.0437. The molecule has 170 valence electrons. The highest BCUT2D eigenvalue weighted by atomic mass is 79.9. The molecule has 4 bridgehead atoms. The summed E-state index contributed by atoms with van der Waals surface area (Å²) in [4.78, 5) is 15.2. The van der Waals surface area contributed by atoms with Gasteiger partial charge in [0, 0.05) is 15.9 Å². The normalized spacial score (nSPS) is 27.2. The first-order valence-electron chi connectivity index (χ1n) is 11.8. The number of benzene rings is 3. The SMILES string of the molecule is Brc1ccc([S+](c2ccccc2)c2ccccc2)cc1.O=C([O-])C12CC3CC(CC(C3)C1)C2. The number of carbonyl (C=O) groups is 1. The Morgan fingerprint density at radius 1 is 0.697 bits per heavy atom. The smallest absolute Gasteiger partial charge is 0.166 e. The van der Waals surface area contributed by atoms with E-state index in [1.54, 1.807) is 0 Å². The molecule has 0 amide bonds. The highest BCUT2D eigenvalue weighted by Crippen LogP contribution is 2.59. The summed E-state index contributed by atoms with van der Waals surface area (Å²) < 4.78 is 1.12. The lowest BCUT2D eigenvalue weighted by molar-refractivity contribution is -0.327. The van der Waals surface area contributed by atoms with E-state index in [1.807, 2.05) is 0 Å². The number of hydrogen-bond donors (Lipinski definition) is 0. The van der Waals surface area contributed by atoms with E-state index in [-0.39, 0.29) is 10.9 Å². The first kappa shape index (κ1) is 22.7. The molecule has 4 fully saturated rings. The van der Waals surface area contributed by atoms with Crippen LogP contribution in [0.2, 0.25) is 0 Å². The third kappa shape index (κ3) is 4.93. The van der Waals surface area contributed by atoms with Gasteiger partial charge in [-0.05, 0) is 105 Å². The van der Waals surface area contributed by atoms with Gasteiger partial charge in [-0.15, -0.1) is 0 Å². The number of hydrogen-bond acceptors (Lipinski definition) is 2. The monoisotopic (exact) mass is 520 g/mol. The number of carbonyl (C=O) groups excluding carboxylic acids is 1. The highest BCUT2D eigenvalue weighted by molar-refractivity contribution is 9.10. The van der Waals surface area contributed by atoms with Gasteiger partial charge in [0.1, 0.15) is 0 Å². The lowest BCUT2D eigenvalue weighted by Crippen LogP contribution is -2.54. The van der Waals surface area contributed by atoms with Gasteiger partial charge in [0.2, 0.25) is 0 Å². The second kappa shape index (κ2) is 9.68. The van der Waals surface area contributed by atoms with Crippen LogP contribution in [0, 0.1) is 23.2 Å². The molecule has 4 aliphatic carbocycles. The zero-order chi connectivity index (χ0) is 22.8. The Morgan fingerprint density at radius 3 is 1.48 bits per heavy atom. The van der Waals surface area contributed by atoms with Crippen LogP contribution in [0.5, 0.6) is 0 Å². The predicted molar refractivity (Wildman–Crippen MR) is 135 cm³/mol. The summed E-state index contributed by atoms with van der Waals surface area (Å²) in [6, 6.07) is 30.0. The molecule has 4 saturated carbocycles. The first-order chi connectivity index (χ1) is 16.0. The Kier molecular flexibility index (Phi) is 6.67. The summed E-state index contributed by atoms with van der Waals surface area (Å²) in [5.41, 5.74) is -0.394. The fourth-order valence-electron chi connectivity index (χ4n) is 6.45. The Labute approximate surface area is 207 Å². The van der Waals surface area contributed by atoms with Crippen LogP contribution in [0.3, 0.4) is 0 Å². The van der Waals surface area contributed by atoms with Crippen molar-refractivity contribution in [1.29, 1.82) is 0 Å². The third-order valence-electron chi connectivity index (χ3n) is 7.48. The molecule has 0 aromatic heterocycles. The second-order valence-corrected chi connectivity index (χ2v) is 12.8. The molecule has 0 radical (unpaired) electrons. The molecule has 0 unspecified atom stereocenters. The number of aliphatic carboxylic acids is 1. The minimum atomic E-state index is -0.758. The van der Waals surface area contributed by atoms with E-state index in [2.05, 4.69) is 101 Å². The van der Waals surface area contributed by atoms with Crippen molar-refractivity contribution in [3.8, 4) is 0 Å². The Bertz CT molecular complexity index is 1010. The molecule has 33 heavy (non-hydrogen) atoms. The maximum atomic E-state index is 11.1. The van der Waals surface area contributed by atoms with Crippen LogP contribution in [0.1, 0.15) is 38.5 Å². The van der Waals surface area contributed by atoms with Crippen LogP contribution in [0.25, 0.3) is 0 Å². The largest absolute Gasteiger partial charge is 0.550 e. The molecule has 0 N–H and O–H groups in total. The van der Waals surface area contributed by atoms with Crippen LogP contribution < -0.4 is 5.11 Å². The van der Waals surface area contributed by atoms with Crippen molar-refractivity contribution in [3.63, 3.8) is 0 Å². The van der Waals surface area contributed by atoms with Crippen molar-refractivity contribution >= 4 is 32.8 Å². The fraction of sp³-hybridized carbons (Fsp3) is 0.345. The van der Waals surface area contributed by atoms with Gasteiger partial charge >= 0.3 is 0 Å². The third-order valence-corrected chi connectivity index (χ3v) is 10.2. The van der Waals surface area contributed by atoms with E-state index >= 15 is 0 Å². The number of rotatable bonds is 4. The topological polar surface area (TPSA) is 40.1 Å². The molecule has 4 heteroatoms. The molecule has 2 nitrogen and oxygen atoms in total. The lowest BCUT2D eigenvalue weighted by Gasteiger charge is -2.57. The number of halogens is 1. The standard InChI is InChI=1S/C18H14BrS.C11H16O2/c19-15-11-13-18(14-12-15)20(16-7-3-1-4-8-16)17-9-5-2-6-10-17;12-10(13)11-4-7-1-8(5-11)3-9(2-7)6-11/h1-14H;7-9H,1-6H2,(H,12,13)/q+1;/p-1. The van der Waals surface area contributed by atoms with E-state index in [9.17, 15) is 9.90 Å². The Hall–Kier alpha value is -2.04. The van der Waals surface area contributed by atoms with Crippen molar-refractivity contribution in [3.05, 3.63) is 89.4 Å². The van der Waals surface area contributed by atoms with Crippen molar-refractivity contribution < 1.29 is 9.90 Å². The quantitative estimate of drug-likeness (QED) is 0.368. The molecular formula is C29H29BrO2S. The van der Waals surface area contributed by atoms with Gasteiger partial charge in [0.25, 0.3) is 0 Å². The van der Waals surface area contributed by atoms with E-state index in [0.717, 1.165) is 23.7 Å². The predicted octanol–water partition coefficient (Wildman–Crippen LogP) is 6.50. The minimum Gasteiger partial charge on any atom is -0.550 e. The molecule has 7 rings (SSSR count). The van der Waals surface area contributed by atoms with Crippen molar-refractivity contribution in [2.24, 2.45) is 23.2 Å². The van der Waals surface area contributed by atoms with Gasteiger partial charge in [-0.1, -0.05) is 52.3 Å². The number of carboxylic acids is 1. The average Bonchev–Trinajstić information content (AvgIpc) is 2.82. The molecular weight excluding hydrogens is 492 g/mol. The average molecular weight is 522 g/mol. The van der Waals surface area contributed by atoms with Crippen molar-refractivity contribution in [2.75, 3.05) is 0 Å². The number of carboxylic acid groups (broad SMARTS) is 1. The summed E-state index contributed by atoms with van der Waals surface area (Å²) >= 11 is 3.51. The van der Waals surface area contributed by atoms with Gasteiger partial charge in [0.05, 0.1) is 10.9 Å². The summed E-state index contributed by atoms with van der Waals surface area (Å²) in [6.07, 6.45) is 6.65. The molecule has 0 aliphatic heterocycles. The molecule has 3 aromatic carbocycles. The second-order valence-electron chi connectivity index (χ2n) is 9.87. The molecule has 0 heterocycles. The maximum Gasteiger partial charge on any atom is 0.166 e. The van der Waals surface area contributed by atoms with Gasteiger partial charge in [0.15, 0.2) is 14.7 Å². The van der Waals surface area contributed by atoms with E-state index in [4.69, 9.17) is 0 Å². The first-order valence-corrected chi connectivity index (χ1v) is 13.9. The van der Waals surface area contributed by atoms with Crippen LogP contribution in [0.15, 0.2) is 104 Å². The fourth-order valence-corrected chi connectivity index (χ4v) is 8.80. The molecule has 0 spiro atoms. The van der Waals surface area contributed by atoms with Crippen LogP contribution >= 0.6 is 15.9 Å². The summed E-state index contributed by atoms with van der Waals surface area (Å²) in [5.74, 6) is 1.38. The van der Waals surface area contributed by atoms with E-state index in [0.29, 0.717) is 17.8 Å². The van der Waals surface area contributed by atoms with Crippen molar-refractivity contribution in [2.45, 2.75) is 53.2 Å². The van der Waals surface area contributed by atoms with Gasteiger partial charge < -0.3 is 9.90 Å². The van der Waals surface area contributed by atoms with Gasteiger partial charge in [-0.2, -0.15) is 0 Å². The van der Waals surface area contributed by atoms with Crippen LogP contribution in [-0.4, -0.2) is 5.97 Å². The Morgan fingerprint density at radius 2 is 1.09 bits per heavy atom. The van der Waals surface area contributed by atoms with E-state index in [1.165, 1.54) is 33.9 Å². The van der Waals surface area contributed by atoms with Crippen LogP contribution in [-0.2, 0) is 15.7 Å². The molecule has 0 saturated heterocycles. The van der Waals surface area contributed by atoms with Gasteiger partial charge in [-0.25, -0.2) is 0 Å². The summed E-state index contributed by atoms with van der Waals surface area (Å²) in [5, 5.41) is 11.1. The zero-order valence-electron chi connectivity index (χ0n) is 18.7. The van der Waals surface area contributed by atoms with E-state index < -0.39 is 11.4 Å². The molecule has 0 atom stereocenters.